The molecular weight excluding hydrogens is 433 g/mol. The molecule has 29 heavy (non-hydrogen) atoms. The molecule has 2 aromatic carbocycles. The molecule has 8 heteroatoms. The van der Waals surface area contributed by atoms with Gasteiger partial charge in [0.25, 0.3) is 0 Å². The number of phenolic OH excluding ortho intramolecular Hbond substituents is 1. The highest BCUT2D eigenvalue weighted by atomic mass is 35.5. The van der Waals surface area contributed by atoms with Crippen LogP contribution in [0.3, 0.4) is 0 Å². The van der Waals surface area contributed by atoms with Gasteiger partial charge in [-0.3, -0.25) is 4.98 Å². The summed E-state index contributed by atoms with van der Waals surface area (Å²) in [5.74, 6) is 0.978. The molecule has 0 radical (unpaired) electrons. The average molecular weight is 459 g/mol. The van der Waals surface area contributed by atoms with Crippen molar-refractivity contribution in [2.24, 2.45) is 0 Å². The Morgan fingerprint density at radius 1 is 1.10 bits per heavy atom. The Morgan fingerprint density at radius 2 is 1.86 bits per heavy atom. The summed E-state index contributed by atoms with van der Waals surface area (Å²) in [4.78, 5) is 4.37. The lowest BCUT2D eigenvalue weighted by Gasteiger charge is -2.28. The van der Waals surface area contributed by atoms with Crippen LogP contribution in [-0.2, 0) is 6.54 Å². The molecule has 0 saturated carbocycles. The van der Waals surface area contributed by atoms with Crippen LogP contribution in [0.5, 0.6) is 11.5 Å². The van der Waals surface area contributed by atoms with Gasteiger partial charge in [-0.25, -0.2) is 0 Å². The Kier molecular flexibility index (Phi) is 9.30. The van der Waals surface area contributed by atoms with Crippen LogP contribution in [-0.4, -0.2) is 29.3 Å². The molecule has 0 fully saturated rings. The summed E-state index contributed by atoms with van der Waals surface area (Å²) in [6, 6.07) is 12.9. The van der Waals surface area contributed by atoms with Gasteiger partial charge in [0.05, 0.1) is 12.6 Å². The first-order valence-electron chi connectivity index (χ1n) is 8.77. The topological polar surface area (TPSA) is 66.4 Å². The van der Waals surface area contributed by atoms with Gasteiger partial charge in [-0.2, -0.15) is 0 Å². The third-order valence-electron chi connectivity index (χ3n) is 4.47. The van der Waals surface area contributed by atoms with Gasteiger partial charge in [0.2, 0.25) is 0 Å². The Balaban J connectivity index is 0.00000210. The van der Waals surface area contributed by atoms with E-state index in [1.807, 2.05) is 30.3 Å². The number of anilines is 1. The number of rotatable bonds is 7. The zero-order valence-electron chi connectivity index (χ0n) is 16.5. The molecule has 0 aliphatic carbocycles. The number of phenols is 1. The summed E-state index contributed by atoms with van der Waals surface area (Å²) in [6.45, 7) is 5.44. The number of fused-ring (bicyclic) bond motifs is 1. The van der Waals surface area contributed by atoms with Crippen molar-refractivity contribution in [1.82, 2.24) is 10.3 Å². The van der Waals surface area contributed by atoms with Gasteiger partial charge < -0.3 is 20.5 Å². The molecule has 1 aromatic heterocycles. The van der Waals surface area contributed by atoms with Crippen molar-refractivity contribution in [1.29, 1.82) is 0 Å². The van der Waals surface area contributed by atoms with Gasteiger partial charge in [0.1, 0.15) is 11.5 Å². The maximum atomic E-state index is 10.0. The number of methoxy groups -OCH3 is 1. The minimum absolute atomic E-state index is 0. The molecule has 158 valence electrons. The Morgan fingerprint density at radius 3 is 2.59 bits per heavy atom. The molecule has 0 spiro atoms. The van der Waals surface area contributed by atoms with Crippen LogP contribution in [0.25, 0.3) is 10.9 Å². The maximum absolute atomic E-state index is 10.0. The highest BCUT2D eigenvalue weighted by Crippen LogP contribution is 2.26. The molecule has 0 saturated heterocycles. The summed E-state index contributed by atoms with van der Waals surface area (Å²) >= 11 is 6.05. The van der Waals surface area contributed by atoms with Gasteiger partial charge in [0, 0.05) is 46.5 Å². The fourth-order valence-corrected chi connectivity index (χ4v) is 2.99. The van der Waals surface area contributed by atoms with Gasteiger partial charge in [0.15, 0.2) is 0 Å². The first-order chi connectivity index (χ1) is 12.9. The smallest absolute Gasteiger partial charge is 0.120 e. The average Bonchev–Trinajstić information content (AvgIpc) is 2.65. The SMILES string of the molecule is COc1ccc(O)c(CNC(C)(C)CNc2ccnc3cc(Cl)ccc23)c1.Cl.Cl. The second kappa shape index (κ2) is 10.7. The summed E-state index contributed by atoms with van der Waals surface area (Å²) in [5, 5.41) is 18.7. The van der Waals surface area contributed by atoms with E-state index in [2.05, 4.69) is 29.5 Å². The van der Waals surface area contributed by atoms with Gasteiger partial charge in [-0.1, -0.05) is 11.6 Å². The highest BCUT2D eigenvalue weighted by Gasteiger charge is 2.18. The molecular formula is C21H26Cl3N3O2. The third-order valence-corrected chi connectivity index (χ3v) is 4.70. The van der Waals surface area contributed by atoms with E-state index in [1.54, 1.807) is 25.4 Å². The van der Waals surface area contributed by atoms with E-state index >= 15 is 0 Å². The fraction of sp³-hybridized carbons (Fsp3) is 0.286. The van der Waals surface area contributed by atoms with Crippen molar-refractivity contribution in [2.75, 3.05) is 19.0 Å². The van der Waals surface area contributed by atoms with Crippen molar-refractivity contribution >= 4 is 53.0 Å². The fourth-order valence-electron chi connectivity index (χ4n) is 2.82. The van der Waals surface area contributed by atoms with Gasteiger partial charge in [-0.05, 0) is 56.3 Å². The second-order valence-electron chi connectivity index (χ2n) is 7.11. The standard InChI is InChI=1S/C21H24ClN3O2.2ClH/c1-21(2,25-12-14-10-16(27-3)5-7-20(14)26)13-24-18-8-9-23-19-11-15(22)4-6-17(18)19;;/h4-11,25-26H,12-13H2,1-3H3,(H,23,24);2*1H. The molecule has 0 aliphatic rings. The summed E-state index contributed by atoms with van der Waals surface area (Å²) < 4.78 is 5.23. The molecule has 3 aromatic rings. The van der Waals surface area contributed by atoms with E-state index in [1.165, 1.54) is 0 Å². The number of halogens is 3. The third kappa shape index (κ3) is 6.54. The van der Waals surface area contributed by atoms with Gasteiger partial charge in [-0.15, -0.1) is 24.8 Å². The van der Waals surface area contributed by atoms with E-state index in [4.69, 9.17) is 16.3 Å². The monoisotopic (exact) mass is 457 g/mol. The van der Waals surface area contributed by atoms with Crippen LogP contribution in [0.15, 0.2) is 48.7 Å². The number of nitrogens with zero attached hydrogens (tertiary/aromatic N) is 1. The predicted octanol–water partition coefficient (Wildman–Crippen LogP) is 5.43. The molecule has 0 unspecified atom stereocenters. The zero-order valence-corrected chi connectivity index (χ0v) is 18.9. The van der Waals surface area contributed by atoms with E-state index < -0.39 is 0 Å². The Hall–Kier alpha value is -1.92. The van der Waals surface area contributed by atoms with Crippen molar-refractivity contribution in [2.45, 2.75) is 25.9 Å². The van der Waals surface area contributed by atoms with Crippen LogP contribution in [0, 0.1) is 0 Å². The largest absolute Gasteiger partial charge is 0.508 e. The first kappa shape index (κ1) is 25.1. The predicted molar refractivity (Wildman–Crippen MR) is 125 cm³/mol. The van der Waals surface area contributed by atoms with Crippen molar-refractivity contribution in [3.05, 3.63) is 59.2 Å². The first-order valence-corrected chi connectivity index (χ1v) is 9.15. The Bertz CT molecular complexity index is 952. The molecule has 0 atom stereocenters. The number of pyridine rings is 1. The molecule has 0 amide bonds. The normalized spacial score (nSPS) is 10.8. The van der Waals surface area contributed by atoms with E-state index in [-0.39, 0.29) is 36.1 Å². The van der Waals surface area contributed by atoms with Crippen molar-refractivity contribution in [3.8, 4) is 11.5 Å². The lowest BCUT2D eigenvalue weighted by atomic mass is 10.0. The van der Waals surface area contributed by atoms with Gasteiger partial charge >= 0.3 is 0 Å². The quantitative estimate of drug-likeness (QED) is 0.441. The van der Waals surface area contributed by atoms with Crippen molar-refractivity contribution < 1.29 is 9.84 Å². The lowest BCUT2D eigenvalue weighted by molar-refractivity contribution is 0.391. The van der Waals surface area contributed by atoms with E-state index in [0.29, 0.717) is 18.1 Å². The summed E-state index contributed by atoms with van der Waals surface area (Å²) in [7, 11) is 1.61. The number of hydrogen-bond donors (Lipinski definition) is 3. The summed E-state index contributed by atoms with van der Waals surface area (Å²) in [5.41, 5.74) is 2.46. The van der Waals surface area contributed by atoms with Crippen molar-refractivity contribution in [3.63, 3.8) is 0 Å². The molecule has 5 nitrogen and oxygen atoms in total. The number of nitrogens with one attached hydrogen (secondary N) is 2. The zero-order chi connectivity index (χ0) is 19.4. The number of hydrogen-bond acceptors (Lipinski definition) is 5. The van der Waals surface area contributed by atoms with E-state index in [9.17, 15) is 5.11 Å². The second-order valence-corrected chi connectivity index (χ2v) is 7.54. The summed E-state index contributed by atoms with van der Waals surface area (Å²) in [6.07, 6.45) is 1.77. The van der Waals surface area contributed by atoms with Crippen LogP contribution < -0.4 is 15.4 Å². The number of benzene rings is 2. The minimum atomic E-state index is -0.211. The molecule has 3 rings (SSSR count). The van der Waals surface area contributed by atoms with Crippen LogP contribution in [0.4, 0.5) is 5.69 Å². The van der Waals surface area contributed by atoms with Crippen LogP contribution >= 0.6 is 36.4 Å². The molecule has 1 heterocycles. The highest BCUT2D eigenvalue weighted by molar-refractivity contribution is 6.31. The molecule has 0 bridgehead atoms. The number of aromatic hydroxyl groups is 1. The lowest BCUT2D eigenvalue weighted by Crippen LogP contribution is -2.44. The minimum Gasteiger partial charge on any atom is -0.508 e. The van der Waals surface area contributed by atoms with E-state index in [0.717, 1.165) is 27.9 Å². The molecule has 3 N–H and O–H groups in total. The molecule has 0 aliphatic heterocycles. The maximum Gasteiger partial charge on any atom is 0.120 e. The van der Waals surface area contributed by atoms with Crippen LogP contribution in [0.2, 0.25) is 5.02 Å². The van der Waals surface area contributed by atoms with Crippen LogP contribution in [0.1, 0.15) is 19.4 Å². The number of aromatic nitrogens is 1. The number of ether oxygens (including phenoxy) is 1. The Labute approximate surface area is 188 Å².